The molecule has 0 spiro atoms. The number of hydrogen-bond acceptors (Lipinski definition) is 4. The maximum atomic E-state index is 12.4. The van der Waals surface area contributed by atoms with Crippen molar-refractivity contribution in [2.24, 2.45) is 0 Å². The lowest BCUT2D eigenvalue weighted by Gasteiger charge is -2.16. The molecule has 1 heterocycles. The van der Waals surface area contributed by atoms with Crippen molar-refractivity contribution in [3.63, 3.8) is 0 Å². The molecule has 24 heavy (non-hydrogen) atoms. The van der Waals surface area contributed by atoms with Gasteiger partial charge in [0.2, 0.25) is 0 Å². The van der Waals surface area contributed by atoms with Gasteiger partial charge in [-0.25, -0.2) is 0 Å². The van der Waals surface area contributed by atoms with E-state index >= 15 is 0 Å². The van der Waals surface area contributed by atoms with Gasteiger partial charge in [0.05, 0.1) is 14.2 Å². The van der Waals surface area contributed by atoms with Gasteiger partial charge >= 0.3 is 0 Å². The minimum Gasteiger partial charge on any atom is -0.497 e. The predicted octanol–water partition coefficient (Wildman–Crippen LogP) is 3.67. The van der Waals surface area contributed by atoms with E-state index in [9.17, 15) is 4.79 Å². The molecule has 0 radical (unpaired) electrons. The zero-order valence-corrected chi connectivity index (χ0v) is 14.7. The molecule has 2 aromatic rings. The lowest BCUT2D eigenvalue weighted by atomic mass is 10.1. The van der Waals surface area contributed by atoms with Gasteiger partial charge in [0.1, 0.15) is 11.5 Å². The molecule has 0 saturated carbocycles. The van der Waals surface area contributed by atoms with Crippen molar-refractivity contribution in [3.05, 3.63) is 53.1 Å². The molecule has 4 nitrogen and oxygen atoms in total. The first kappa shape index (κ1) is 16.7. The monoisotopic (exact) mass is 343 g/mol. The highest BCUT2D eigenvalue weighted by molar-refractivity contribution is 7.99. The number of methoxy groups -OCH3 is 2. The minimum absolute atomic E-state index is 0.140. The molecule has 0 aromatic heterocycles. The fraction of sp³-hybridized carbons (Fsp3) is 0.316. The Morgan fingerprint density at radius 2 is 1.88 bits per heavy atom. The third-order valence-corrected chi connectivity index (χ3v) is 5.24. The number of thioether (sulfide) groups is 1. The molecule has 1 aliphatic rings. The van der Waals surface area contributed by atoms with E-state index in [1.807, 2.05) is 11.8 Å². The summed E-state index contributed by atoms with van der Waals surface area (Å²) in [7, 11) is 3.14. The van der Waals surface area contributed by atoms with Crippen LogP contribution in [-0.2, 0) is 13.0 Å². The molecule has 1 aliphatic heterocycles. The Kier molecular flexibility index (Phi) is 5.30. The van der Waals surface area contributed by atoms with Gasteiger partial charge in [0, 0.05) is 23.1 Å². The Morgan fingerprint density at radius 1 is 1.12 bits per heavy atom. The van der Waals surface area contributed by atoms with E-state index in [2.05, 4.69) is 23.5 Å². The molecule has 126 valence electrons. The highest BCUT2D eigenvalue weighted by Gasteiger charge is 2.12. The fourth-order valence-electron chi connectivity index (χ4n) is 2.75. The SMILES string of the molecule is COc1cc(OC)cc(C(=O)NCc2ccc3c(c2)CCCS3)c1. The number of amides is 1. The van der Waals surface area contributed by atoms with Gasteiger partial charge in [0.15, 0.2) is 0 Å². The van der Waals surface area contributed by atoms with E-state index in [1.54, 1.807) is 32.4 Å². The molecule has 1 amide bonds. The summed E-state index contributed by atoms with van der Waals surface area (Å²) in [6.45, 7) is 0.510. The molecular formula is C19H21NO3S. The Balaban J connectivity index is 1.69. The Hall–Kier alpha value is -2.14. The van der Waals surface area contributed by atoms with Gasteiger partial charge < -0.3 is 14.8 Å². The standard InChI is InChI=1S/C19H21NO3S/c1-22-16-9-15(10-17(11-16)23-2)19(21)20-12-13-5-6-18-14(8-13)4-3-7-24-18/h5-6,8-11H,3-4,7,12H2,1-2H3,(H,20,21). The van der Waals surface area contributed by atoms with Gasteiger partial charge in [-0.3, -0.25) is 4.79 Å². The van der Waals surface area contributed by atoms with Crippen molar-refractivity contribution in [2.75, 3.05) is 20.0 Å². The van der Waals surface area contributed by atoms with E-state index in [4.69, 9.17) is 9.47 Å². The maximum absolute atomic E-state index is 12.4. The van der Waals surface area contributed by atoms with Crippen LogP contribution in [0.5, 0.6) is 11.5 Å². The molecule has 0 saturated heterocycles. The summed E-state index contributed by atoms with van der Waals surface area (Å²) in [5, 5.41) is 2.97. The number of hydrogen-bond donors (Lipinski definition) is 1. The maximum Gasteiger partial charge on any atom is 0.251 e. The number of benzene rings is 2. The van der Waals surface area contributed by atoms with E-state index in [0.29, 0.717) is 23.6 Å². The molecule has 0 aliphatic carbocycles. The fourth-order valence-corrected chi connectivity index (χ4v) is 3.77. The van der Waals surface area contributed by atoms with Crippen molar-refractivity contribution < 1.29 is 14.3 Å². The van der Waals surface area contributed by atoms with Crippen LogP contribution < -0.4 is 14.8 Å². The number of ether oxygens (including phenoxy) is 2. The molecule has 1 N–H and O–H groups in total. The first-order valence-corrected chi connectivity index (χ1v) is 8.94. The van der Waals surface area contributed by atoms with Gasteiger partial charge in [-0.05, 0) is 47.9 Å². The molecule has 0 bridgehead atoms. The van der Waals surface area contributed by atoms with Gasteiger partial charge in [-0.1, -0.05) is 12.1 Å². The van der Waals surface area contributed by atoms with E-state index < -0.39 is 0 Å². The third kappa shape index (κ3) is 3.85. The average molecular weight is 343 g/mol. The third-order valence-electron chi connectivity index (χ3n) is 4.04. The second-order valence-corrected chi connectivity index (χ2v) is 6.81. The van der Waals surface area contributed by atoms with Crippen LogP contribution in [0.25, 0.3) is 0 Å². The summed E-state index contributed by atoms with van der Waals surface area (Å²) in [6, 6.07) is 11.6. The predicted molar refractivity (Wildman–Crippen MR) is 96.2 cm³/mol. The Morgan fingerprint density at radius 3 is 2.58 bits per heavy atom. The summed E-state index contributed by atoms with van der Waals surface area (Å²) in [4.78, 5) is 13.8. The Labute approximate surface area is 146 Å². The van der Waals surface area contributed by atoms with Crippen LogP contribution >= 0.6 is 11.8 Å². The number of rotatable bonds is 5. The molecule has 3 rings (SSSR count). The summed E-state index contributed by atoms with van der Waals surface area (Å²) >= 11 is 1.91. The van der Waals surface area contributed by atoms with Gasteiger partial charge in [-0.2, -0.15) is 0 Å². The average Bonchev–Trinajstić information content (AvgIpc) is 2.65. The minimum atomic E-state index is -0.140. The lowest BCUT2D eigenvalue weighted by Crippen LogP contribution is -2.23. The van der Waals surface area contributed by atoms with Crippen LogP contribution in [0.4, 0.5) is 0 Å². The first-order valence-electron chi connectivity index (χ1n) is 7.95. The molecule has 0 atom stereocenters. The van der Waals surface area contributed by atoms with E-state index in [0.717, 1.165) is 12.0 Å². The van der Waals surface area contributed by atoms with E-state index in [-0.39, 0.29) is 5.91 Å². The molecular weight excluding hydrogens is 322 g/mol. The molecule has 2 aromatic carbocycles. The number of carbonyl (C=O) groups excluding carboxylic acids is 1. The van der Waals surface area contributed by atoms with Gasteiger partial charge in [-0.15, -0.1) is 11.8 Å². The van der Waals surface area contributed by atoms with Crippen LogP contribution in [0.3, 0.4) is 0 Å². The smallest absolute Gasteiger partial charge is 0.251 e. The summed E-state index contributed by atoms with van der Waals surface area (Å²) in [5.74, 6) is 2.26. The lowest BCUT2D eigenvalue weighted by molar-refractivity contribution is 0.0950. The zero-order chi connectivity index (χ0) is 16.9. The van der Waals surface area contributed by atoms with Crippen LogP contribution in [-0.4, -0.2) is 25.9 Å². The van der Waals surface area contributed by atoms with Crippen LogP contribution in [0.1, 0.15) is 27.9 Å². The van der Waals surface area contributed by atoms with Crippen LogP contribution in [0.2, 0.25) is 0 Å². The second-order valence-electron chi connectivity index (χ2n) is 5.68. The zero-order valence-electron chi connectivity index (χ0n) is 13.9. The van der Waals surface area contributed by atoms with Crippen molar-refractivity contribution in [3.8, 4) is 11.5 Å². The van der Waals surface area contributed by atoms with Crippen molar-refractivity contribution in [1.82, 2.24) is 5.32 Å². The summed E-state index contributed by atoms with van der Waals surface area (Å²) in [6.07, 6.45) is 2.34. The topological polar surface area (TPSA) is 47.6 Å². The van der Waals surface area contributed by atoms with Crippen molar-refractivity contribution >= 4 is 17.7 Å². The Bertz CT molecular complexity index is 723. The highest BCUT2D eigenvalue weighted by atomic mass is 32.2. The number of fused-ring (bicyclic) bond motifs is 1. The number of aryl methyl sites for hydroxylation is 1. The quantitative estimate of drug-likeness (QED) is 0.900. The second kappa shape index (κ2) is 7.62. The van der Waals surface area contributed by atoms with Crippen LogP contribution in [0.15, 0.2) is 41.3 Å². The highest BCUT2D eigenvalue weighted by Crippen LogP contribution is 2.30. The first-order chi connectivity index (χ1) is 11.7. The molecule has 0 fully saturated rings. The van der Waals surface area contributed by atoms with Crippen LogP contribution in [0, 0.1) is 0 Å². The normalized spacial score (nSPS) is 13.1. The molecule has 5 heteroatoms. The summed E-state index contributed by atoms with van der Waals surface area (Å²) < 4.78 is 10.4. The largest absolute Gasteiger partial charge is 0.497 e. The van der Waals surface area contributed by atoms with Crippen molar-refractivity contribution in [1.29, 1.82) is 0 Å². The summed E-state index contributed by atoms with van der Waals surface area (Å²) in [5.41, 5.74) is 3.04. The number of nitrogens with one attached hydrogen (secondary N) is 1. The molecule has 0 unspecified atom stereocenters. The van der Waals surface area contributed by atoms with Crippen molar-refractivity contribution in [2.45, 2.75) is 24.3 Å². The van der Waals surface area contributed by atoms with E-state index in [1.165, 1.54) is 22.6 Å². The van der Waals surface area contributed by atoms with Gasteiger partial charge in [0.25, 0.3) is 5.91 Å². The number of carbonyl (C=O) groups is 1.